The zero-order chi connectivity index (χ0) is 20.7. The minimum atomic E-state index is -1.44. The third-order valence-corrected chi connectivity index (χ3v) is 6.42. The van der Waals surface area contributed by atoms with Gasteiger partial charge in [0.1, 0.15) is 0 Å². The number of halogens is 1. The Bertz CT molecular complexity index is 970. The highest BCUT2D eigenvalue weighted by atomic mass is 35.5. The SMILES string of the molecule is O=C1CCC(=O)OC2(CNCCc3c2ccc(Cl)c3N2CC(c3ccccc3)C2)O1. The highest BCUT2D eigenvalue weighted by Gasteiger charge is 2.46. The van der Waals surface area contributed by atoms with Crippen LogP contribution in [0, 0.1) is 0 Å². The second-order valence-corrected chi connectivity index (χ2v) is 8.47. The summed E-state index contributed by atoms with van der Waals surface area (Å²) in [4.78, 5) is 26.8. The standard InChI is InChI=1S/C23H23ClN2O4/c24-19-7-6-18-17(22(19)26-12-16(13-26)15-4-2-1-3-5-15)10-11-25-14-23(18)29-20(27)8-9-21(28)30-23/h1-7,16,25H,8-14H2. The molecule has 2 saturated heterocycles. The molecule has 0 aliphatic carbocycles. The number of carbonyl (C=O) groups excluding carboxylic acids is 2. The Hall–Kier alpha value is -2.57. The van der Waals surface area contributed by atoms with Crippen molar-refractivity contribution >= 4 is 29.2 Å². The highest BCUT2D eigenvalue weighted by molar-refractivity contribution is 6.33. The van der Waals surface area contributed by atoms with E-state index >= 15 is 0 Å². The number of carbonyl (C=O) groups is 2. The summed E-state index contributed by atoms with van der Waals surface area (Å²) in [6, 6.07) is 14.1. The summed E-state index contributed by atoms with van der Waals surface area (Å²) in [6.45, 7) is 2.62. The van der Waals surface area contributed by atoms with Gasteiger partial charge < -0.3 is 19.7 Å². The fourth-order valence-corrected chi connectivity index (χ4v) is 4.89. The summed E-state index contributed by atoms with van der Waals surface area (Å²) in [6.07, 6.45) is 0.761. The molecule has 2 aromatic rings. The van der Waals surface area contributed by atoms with Gasteiger partial charge in [0.05, 0.1) is 30.1 Å². The van der Waals surface area contributed by atoms with Crippen molar-refractivity contribution in [1.82, 2.24) is 5.32 Å². The predicted molar refractivity (Wildman–Crippen MR) is 113 cm³/mol. The molecule has 0 bridgehead atoms. The molecule has 0 radical (unpaired) electrons. The maximum Gasteiger partial charge on any atom is 0.309 e. The summed E-state index contributed by atoms with van der Waals surface area (Å²) in [7, 11) is 0. The number of hydrogen-bond acceptors (Lipinski definition) is 6. The first kappa shape index (κ1) is 19.4. The van der Waals surface area contributed by atoms with E-state index in [-0.39, 0.29) is 19.4 Å². The third kappa shape index (κ3) is 3.34. The Morgan fingerprint density at radius 3 is 2.37 bits per heavy atom. The van der Waals surface area contributed by atoms with Gasteiger partial charge in [-0.15, -0.1) is 0 Å². The van der Waals surface area contributed by atoms with E-state index in [0.29, 0.717) is 29.5 Å². The van der Waals surface area contributed by atoms with Gasteiger partial charge in [-0.3, -0.25) is 9.59 Å². The number of benzene rings is 2. The molecule has 30 heavy (non-hydrogen) atoms. The number of fused-ring (bicyclic) bond motifs is 2. The van der Waals surface area contributed by atoms with Gasteiger partial charge in [0.25, 0.3) is 5.79 Å². The van der Waals surface area contributed by atoms with Crippen LogP contribution in [0.15, 0.2) is 42.5 Å². The van der Waals surface area contributed by atoms with Crippen LogP contribution in [0.5, 0.6) is 0 Å². The number of esters is 2. The molecule has 3 heterocycles. The number of rotatable bonds is 2. The second kappa shape index (κ2) is 7.60. The summed E-state index contributed by atoms with van der Waals surface area (Å²) >= 11 is 6.66. The Morgan fingerprint density at radius 1 is 0.967 bits per heavy atom. The van der Waals surface area contributed by atoms with Crippen molar-refractivity contribution < 1.29 is 19.1 Å². The van der Waals surface area contributed by atoms with Crippen molar-refractivity contribution in [2.45, 2.75) is 31.0 Å². The molecule has 2 fully saturated rings. The maximum atomic E-state index is 12.3. The fourth-order valence-electron chi connectivity index (χ4n) is 4.60. The minimum Gasteiger partial charge on any atom is -0.416 e. The lowest BCUT2D eigenvalue weighted by molar-refractivity contribution is -0.225. The molecular formula is C23H23ClN2O4. The Labute approximate surface area is 180 Å². The van der Waals surface area contributed by atoms with Crippen molar-refractivity contribution in [1.29, 1.82) is 0 Å². The smallest absolute Gasteiger partial charge is 0.309 e. The van der Waals surface area contributed by atoms with Crippen molar-refractivity contribution in [2.75, 3.05) is 31.1 Å². The monoisotopic (exact) mass is 426 g/mol. The normalized spacial score (nSPS) is 21.2. The molecule has 0 amide bonds. The molecule has 1 spiro atoms. The molecule has 3 aliphatic rings. The van der Waals surface area contributed by atoms with E-state index in [9.17, 15) is 9.59 Å². The van der Waals surface area contributed by atoms with E-state index in [4.69, 9.17) is 21.1 Å². The van der Waals surface area contributed by atoms with Crippen LogP contribution in [0.4, 0.5) is 5.69 Å². The first-order valence-electron chi connectivity index (χ1n) is 10.3. The Balaban J connectivity index is 1.52. The van der Waals surface area contributed by atoms with E-state index in [2.05, 4.69) is 34.5 Å². The molecule has 2 aromatic carbocycles. The van der Waals surface area contributed by atoms with Crippen LogP contribution in [-0.4, -0.2) is 38.1 Å². The van der Waals surface area contributed by atoms with Gasteiger partial charge >= 0.3 is 11.9 Å². The van der Waals surface area contributed by atoms with E-state index in [0.717, 1.165) is 24.3 Å². The largest absolute Gasteiger partial charge is 0.416 e. The van der Waals surface area contributed by atoms with Crippen LogP contribution >= 0.6 is 11.6 Å². The van der Waals surface area contributed by atoms with Gasteiger partial charge in [-0.1, -0.05) is 41.9 Å². The number of hydrogen-bond donors (Lipinski definition) is 1. The summed E-state index contributed by atoms with van der Waals surface area (Å²) < 4.78 is 11.5. The molecule has 0 atom stereocenters. The summed E-state index contributed by atoms with van der Waals surface area (Å²) in [5.74, 6) is -1.86. The van der Waals surface area contributed by atoms with Gasteiger partial charge in [0, 0.05) is 24.6 Å². The van der Waals surface area contributed by atoms with E-state index in [1.807, 2.05) is 18.2 Å². The fraction of sp³-hybridized carbons (Fsp3) is 0.391. The van der Waals surface area contributed by atoms with Crippen molar-refractivity contribution in [3.8, 4) is 0 Å². The second-order valence-electron chi connectivity index (χ2n) is 8.06. The van der Waals surface area contributed by atoms with E-state index < -0.39 is 17.7 Å². The zero-order valence-electron chi connectivity index (χ0n) is 16.5. The first-order chi connectivity index (χ1) is 14.6. The van der Waals surface area contributed by atoms with Crippen LogP contribution in [0.3, 0.4) is 0 Å². The average molecular weight is 427 g/mol. The van der Waals surface area contributed by atoms with Gasteiger partial charge in [0.2, 0.25) is 0 Å². The Morgan fingerprint density at radius 2 is 1.67 bits per heavy atom. The van der Waals surface area contributed by atoms with Crippen LogP contribution < -0.4 is 10.2 Å². The molecule has 7 heteroatoms. The molecule has 1 N–H and O–H groups in total. The lowest BCUT2D eigenvalue weighted by atomic mass is 9.88. The van der Waals surface area contributed by atoms with Crippen molar-refractivity contribution in [3.63, 3.8) is 0 Å². The molecule has 0 unspecified atom stereocenters. The van der Waals surface area contributed by atoms with Gasteiger partial charge in [-0.2, -0.15) is 0 Å². The molecular weight excluding hydrogens is 404 g/mol. The first-order valence-corrected chi connectivity index (χ1v) is 10.7. The zero-order valence-corrected chi connectivity index (χ0v) is 17.3. The van der Waals surface area contributed by atoms with Crippen LogP contribution in [0.1, 0.15) is 35.4 Å². The summed E-state index contributed by atoms with van der Waals surface area (Å²) in [5.41, 5.74) is 3.94. The predicted octanol–water partition coefficient (Wildman–Crippen LogP) is 3.12. The summed E-state index contributed by atoms with van der Waals surface area (Å²) in [5, 5.41) is 3.92. The molecule has 0 aromatic heterocycles. The van der Waals surface area contributed by atoms with Crippen LogP contribution in [-0.2, 0) is 31.3 Å². The molecule has 0 saturated carbocycles. The number of anilines is 1. The third-order valence-electron chi connectivity index (χ3n) is 6.11. The van der Waals surface area contributed by atoms with Crippen molar-refractivity contribution in [2.24, 2.45) is 0 Å². The maximum absolute atomic E-state index is 12.3. The lowest BCUT2D eigenvalue weighted by Crippen LogP contribution is -2.46. The average Bonchev–Trinajstić information content (AvgIpc) is 2.96. The minimum absolute atomic E-state index is 0.0290. The van der Waals surface area contributed by atoms with Crippen molar-refractivity contribution in [3.05, 3.63) is 64.2 Å². The number of ether oxygens (including phenoxy) is 2. The van der Waals surface area contributed by atoms with Crippen LogP contribution in [0.2, 0.25) is 5.02 Å². The van der Waals surface area contributed by atoms with E-state index in [1.165, 1.54) is 5.56 Å². The Kier molecular flexibility index (Phi) is 4.91. The van der Waals surface area contributed by atoms with Gasteiger partial charge in [0.15, 0.2) is 0 Å². The molecule has 5 rings (SSSR count). The quantitative estimate of drug-likeness (QED) is 0.744. The molecule has 156 valence electrons. The molecule has 3 aliphatic heterocycles. The van der Waals surface area contributed by atoms with Gasteiger partial charge in [-0.05, 0) is 36.2 Å². The number of nitrogens with zero attached hydrogens (tertiary/aromatic N) is 1. The lowest BCUT2D eigenvalue weighted by Gasteiger charge is -2.43. The van der Waals surface area contributed by atoms with Gasteiger partial charge in [-0.25, -0.2) is 0 Å². The van der Waals surface area contributed by atoms with E-state index in [1.54, 1.807) is 0 Å². The molecule has 6 nitrogen and oxygen atoms in total. The highest BCUT2D eigenvalue weighted by Crippen LogP contribution is 2.44. The van der Waals surface area contributed by atoms with Crippen LogP contribution in [0.25, 0.3) is 0 Å². The topological polar surface area (TPSA) is 67.9 Å². The number of nitrogens with one attached hydrogen (secondary N) is 1.